The lowest BCUT2D eigenvalue weighted by atomic mass is 10.2. The van der Waals surface area contributed by atoms with Crippen LogP contribution >= 0.6 is 48.8 Å². The average molecular weight is 271 g/mol. The Morgan fingerprint density at radius 2 is 1.00 bits per heavy atom. The normalized spacial score (nSPS) is 10.7. The Bertz CT molecular complexity index is 86.1. The number of hydrogen-bond donors (Lipinski definition) is 2. The lowest BCUT2D eigenvalue weighted by molar-refractivity contribution is 0.711. The Hall–Kier alpha value is 1.40. The topological polar surface area (TPSA) is 0 Å². The molecule has 0 aliphatic carbocycles. The molecular formula is C10H22S4. The molecule has 0 N–H and O–H groups in total. The van der Waals surface area contributed by atoms with Crippen LogP contribution in [0.15, 0.2) is 0 Å². The van der Waals surface area contributed by atoms with Crippen molar-refractivity contribution < 1.29 is 0 Å². The van der Waals surface area contributed by atoms with Crippen molar-refractivity contribution in [2.75, 3.05) is 34.5 Å². The number of thioether (sulfide) groups is 2. The zero-order valence-corrected chi connectivity index (χ0v) is 12.2. The van der Waals surface area contributed by atoms with E-state index in [9.17, 15) is 0 Å². The van der Waals surface area contributed by atoms with Crippen molar-refractivity contribution in [3.05, 3.63) is 0 Å². The van der Waals surface area contributed by atoms with Gasteiger partial charge in [0.15, 0.2) is 0 Å². The summed E-state index contributed by atoms with van der Waals surface area (Å²) in [5.74, 6) is 7.10. The van der Waals surface area contributed by atoms with Gasteiger partial charge in [-0.15, -0.1) is 0 Å². The van der Waals surface area contributed by atoms with Gasteiger partial charge >= 0.3 is 0 Å². The van der Waals surface area contributed by atoms with Crippen molar-refractivity contribution in [2.45, 2.75) is 25.7 Å². The van der Waals surface area contributed by atoms with Crippen LogP contribution in [-0.2, 0) is 0 Å². The van der Waals surface area contributed by atoms with Gasteiger partial charge in [0.1, 0.15) is 0 Å². The molecule has 0 fully saturated rings. The Labute approximate surface area is 109 Å². The fourth-order valence-electron chi connectivity index (χ4n) is 1.10. The van der Waals surface area contributed by atoms with Gasteiger partial charge in [-0.3, -0.25) is 0 Å². The molecule has 0 rings (SSSR count). The quantitative estimate of drug-likeness (QED) is 0.432. The van der Waals surface area contributed by atoms with Gasteiger partial charge in [0, 0.05) is 11.5 Å². The largest absolute Gasteiger partial charge is 0.179 e. The van der Waals surface area contributed by atoms with E-state index in [0.717, 1.165) is 11.5 Å². The van der Waals surface area contributed by atoms with E-state index in [2.05, 4.69) is 25.3 Å². The zero-order chi connectivity index (χ0) is 10.5. The monoisotopic (exact) mass is 270 g/mol. The second kappa shape index (κ2) is 14.4. The molecule has 0 amide bonds. The molecule has 0 radical (unpaired) electrons. The van der Waals surface area contributed by atoms with E-state index in [4.69, 9.17) is 0 Å². The summed E-state index contributed by atoms with van der Waals surface area (Å²) in [7, 11) is 0. The van der Waals surface area contributed by atoms with Crippen molar-refractivity contribution in [2.24, 2.45) is 0 Å². The molecular weight excluding hydrogens is 248 g/mol. The van der Waals surface area contributed by atoms with Crippen molar-refractivity contribution in [1.29, 1.82) is 0 Å². The van der Waals surface area contributed by atoms with E-state index < -0.39 is 0 Å². The second-order valence-corrected chi connectivity index (χ2v) is 6.43. The van der Waals surface area contributed by atoms with Crippen molar-refractivity contribution >= 4 is 48.8 Å². The van der Waals surface area contributed by atoms with Crippen LogP contribution < -0.4 is 0 Å². The van der Waals surface area contributed by atoms with Gasteiger partial charge in [-0.25, -0.2) is 0 Å². The zero-order valence-electron chi connectivity index (χ0n) is 8.78. The maximum atomic E-state index is 4.18. The van der Waals surface area contributed by atoms with Crippen LogP contribution in [0.4, 0.5) is 0 Å². The maximum Gasteiger partial charge on any atom is 0.00210 e. The molecule has 0 unspecified atom stereocenters. The minimum atomic E-state index is 1.02. The first kappa shape index (κ1) is 15.4. The summed E-state index contributed by atoms with van der Waals surface area (Å²) in [6.45, 7) is 0. The van der Waals surface area contributed by atoms with Crippen LogP contribution in [0.5, 0.6) is 0 Å². The van der Waals surface area contributed by atoms with E-state index in [1.165, 1.54) is 48.7 Å². The second-order valence-electron chi connectivity index (χ2n) is 3.09. The van der Waals surface area contributed by atoms with Gasteiger partial charge in [-0.1, -0.05) is 12.8 Å². The molecule has 0 atom stereocenters. The third-order valence-corrected chi connectivity index (χ3v) is 4.99. The first-order valence-corrected chi connectivity index (χ1v) is 8.86. The first-order valence-electron chi connectivity index (χ1n) is 5.29. The number of rotatable bonds is 11. The maximum absolute atomic E-state index is 4.18. The fourth-order valence-corrected chi connectivity index (χ4v) is 3.35. The van der Waals surface area contributed by atoms with E-state index in [0.29, 0.717) is 0 Å². The fraction of sp³-hybridized carbons (Fsp3) is 1.00. The summed E-state index contributed by atoms with van der Waals surface area (Å²) in [5, 5.41) is 0. The third kappa shape index (κ3) is 13.4. The summed E-state index contributed by atoms with van der Waals surface area (Å²) in [4.78, 5) is 0. The van der Waals surface area contributed by atoms with Gasteiger partial charge < -0.3 is 0 Å². The molecule has 0 heterocycles. The van der Waals surface area contributed by atoms with Crippen LogP contribution in [0, 0.1) is 0 Å². The first-order chi connectivity index (χ1) is 6.91. The Kier molecular flexibility index (Phi) is 15.8. The molecule has 0 aliphatic rings. The Morgan fingerprint density at radius 1 is 0.571 bits per heavy atom. The summed E-state index contributed by atoms with van der Waals surface area (Å²) in [5.41, 5.74) is 0. The molecule has 0 nitrogen and oxygen atoms in total. The molecule has 4 heteroatoms. The number of thiol groups is 2. The van der Waals surface area contributed by atoms with Gasteiger partial charge in [0.2, 0.25) is 0 Å². The summed E-state index contributed by atoms with van der Waals surface area (Å²) < 4.78 is 0. The molecule has 86 valence electrons. The minimum absolute atomic E-state index is 1.02. The highest BCUT2D eigenvalue weighted by atomic mass is 32.2. The molecule has 14 heavy (non-hydrogen) atoms. The molecule has 0 aromatic heterocycles. The van der Waals surface area contributed by atoms with Gasteiger partial charge in [-0.05, 0) is 35.9 Å². The molecule has 0 aromatic carbocycles. The summed E-state index contributed by atoms with van der Waals surface area (Å²) in [6.07, 6.45) is 5.58. The summed E-state index contributed by atoms with van der Waals surface area (Å²) in [6, 6.07) is 0. The van der Waals surface area contributed by atoms with E-state index in [-0.39, 0.29) is 0 Å². The predicted octanol–water partition coefficient (Wildman–Crippen LogP) is 3.87. The van der Waals surface area contributed by atoms with Gasteiger partial charge in [-0.2, -0.15) is 48.8 Å². The van der Waals surface area contributed by atoms with Crippen molar-refractivity contribution in [1.82, 2.24) is 0 Å². The highest BCUT2D eigenvalue weighted by Gasteiger charge is 1.91. The minimum Gasteiger partial charge on any atom is -0.179 e. The lowest BCUT2D eigenvalue weighted by Gasteiger charge is -2.01. The summed E-state index contributed by atoms with van der Waals surface area (Å²) >= 11 is 12.4. The van der Waals surface area contributed by atoms with Crippen LogP contribution in [0.25, 0.3) is 0 Å². The van der Waals surface area contributed by atoms with Crippen LogP contribution in [0.1, 0.15) is 25.7 Å². The molecule has 0 aliphatic heterocycles. The smallest absolute Gasteiger partial charge is 0.00210 e. The molecule has 0 aromatic rings. The SMILES string of the molecule is SCCSCCCCCCSCCS. The Morgan fingerprint density at radius 3 is 1.36 bits per heavy atom. The van der Waals surface area contributed by atoms with E-state index >= 15 is 0 Å². The molecule has 0 bridgehead atoms. The molecule has 0 spiro atoms. The van der Waals surface area contributed by atoms with Crippen LogP contribution in [0.3, 0.4) is 0 Å². The van der Waals surface area contributed by atoms with Gasteiger partial charge in [0.25, 0.3) is 0 Å². The molecule has 0 saturated heterocycles. The average Bonchev–Trinajstić information content (AvgIpc) is 2.21. The van der Waals surface area contributed by atoms with Crippen molar-refractivity contribution in [3.63, 3.8) is 0 Å². The number of hydrogen-bond acceptors (Lipinski definition) is 4. The van der Waals surface area contributed by atoms with E-state index in [1.54, 1.807) is 0 Å². The van der Waals surface area contributed by atoms with Crippen LogP contribution in [-0.4, -0.2) is 34.5 Å². The molecule has 0 saturated carbocycles. The van der Waals surface area contributed by atoms with Gasteiger partial charge in [0.05, 0.1) is 0 Å². The van der Waals surface area contributed by atoms with Crippen LogP contribution in [0.2, 0.25) is 0 Å². The number of unbranched alkanes of at least 4 members (excludes halogenated alkanes) is 3. The third-order valence-electron chi connectivity index (χ3n) is 1.80. The highest BCUT2D eigenvalue weighted by molar-refractivity contribution is 8.00. The lowest BCUT2D eigenvalue weighted by Crippen LogP contribution is -1.88. The van der Waals surface area contributed by atoms with E-state index in [1.807, 2.05) is 23.5 Å². The predicted molar refractivity (Wildman–Crippen MR) is 80.8 cm³/mol. The highest BCUT2D eigenvalue weighted by Crippen LogP contribution is 2.10. The van der Waals surface area contributed by atoms with Crippen molar-refractivity contribution in [3.8, 4) is 0 Å². The standard InChI is InChI=1S/C10H22S4/c11-5-9-13-7-3-1-2-4-8-14-10-6-12/h11-12H,1-10H2. The Balaban J connectivity index is 2.78.